The lowest BCUT2D eigenvalue weighted by molar-refractivity contribution is -0.127. The van der Waals surface area contributed by atoms with Crippen molar-refractivity contribution < 1.29 is 23.8 Å². The Kier molecular flexibility index (Phi) is 7.62. The first kappa shape index (κ1) is 24.2. The van der Waals surface area contributed by atoms with E-state index in [1.807, 2.05) is 42.2 Å². The molecule has 0 radical (unpaired) electrons. The molecule has 9 heteroatoms. The highest BCUT2D eigenvalue weighted by molar-refractivity contribution is 6.31. The van der Waals surface area contributed by atoms with E-state index in [-0.39, 0.29) is 24.9 Å². The fourth-order valence-electron chi connectivity index (χ4n) is 3.70. The predicted octanol–water partition coefficient (Wildman–Crippen LogP) is 4.48. The lowest BCUT2D eigenvalue weighted by Gasteiger charge is -2.35. The van der Waals surface area contributed by atoms with Crippen LogP contribution < -0.4 is 29.7 Å². The standard InChI is InChI=1S/C26H26ClN3O5/c1-3-33-18-9-11-19(12-10-18)34-22-13-8-17(27)14-20(22)29-25(31)16-30-15-24(26(32)28-2)35-23-7-5-4-6-21(23)30/h4-14,24H,3,15-16H2,1-2H3,(H,28,32)(H,29,31)/t24-/m1/s1. The fourth-order valence-corrected chi connectivity index (χ4v) is 3.88. The fraction of sp³-hybridized carbons (Fsp3) is 0.231. The molecule has 0 saturated heterocycles. The molecule has 0 bridgehead atoms. The van der Waals surface area contributed by atoms with E-state index in [1.165, 1.54) is 0 Å². The smallest absolute Gasteiger partial charge is 0.262 e. The minimum Gasteiger partial charge on any atom is -0.494 e. The molecule has 2 N–H and O–H groups in total. The molecule has 182 valence electrons. The first-order valence-electron chi connectivity index (χ1n) is 11.2. The summed E-state index contributed by atoms with van der Waals surface area (Å²) in [4.78, 5) is 27.1. The van der Waals surface area contributed by atoms with Crippen LogP contribution in [0.5, 0.6) is 23.0 Å². The Balaban J connectivity index is 1.50. The molecule has 0 fully saturated rings. The molecule has 35 heavy (non-hydrogen) atoms. The Hall–Kier alpha value is -3.91. The van der Waals surface area contributed by atoms with Crippen molar-refractivity contribution in [1.29, 1.82) is 0 Å². The van der Waals surface area contributed by atoms with Gasteiger partial charge in [0.1, 0.15) is 17.2 Å². The maximum atomic E-state index is 13.1. The van der Waals surface area contributed by atoms with Gasteiger partial charge < -0.3 is 29.7 Å². The van der Waals surface area contributed by atoms with Crippen molar-refractivity contribution in [3.8, 4) is 23.0 Å². The summed E-state index contributed by atoms with van der Waals surface area (Å²) >= 11 is 6.19. The zero-order chi connectivity index (χ0) is 24.8. The maximum Gasteiger partial charge on any atom is 0.262 e. The molecule has 1 aliphatic heterocycles. The number of fused-ring (bicyclic) bond motifs is 1. The van der Waals surface area contributed by atoms with Crippen LogP contribution in [-0.2, 0) is 9.59 Å². The van der Waals surface area contributed by atoms with Gasteiger partial charge in [-0.1, -0.05) is 23.7 Å². The van der Waals surface area contributed by atoms with Crippen LogP contribution in [0.3, 0.4) is 0 Å². The van der Waals surface area contributed by atoms with Crippen molar-refractivity contribution in [3.63, 3.8) is 0 Å². The zero-order valence-electron chi connectivity index (χ0n) is 19.4. The van der Waals surface area contributed by atoms with Crippen molar-refractivity contribution in [1.82, 2.24) is 5.32 Å². The van der Waals surface area contributed by atoms with Crippen LogP contribution in [0.4, 0.5) is 11.4 Å². The summed E-state index contributed by atoms with van der Waals surface area (Å²) in [5, 5.41) is 5.93. The van der Waals surface area contributed by atoms with Gasteiger partial charge in [-0.2, -0.15) is 0 Å². The third kappa shape index (κ3) is 5.96. The number of carbonyl (C=O) groups is 2. The summed E-state index contributed by atoms with van der Waals surface area (Å²) < 4.78 is 17.3. The van der Waals surface area contributed by atoms with E-state index >= 15 is 0 Å². The first-order valence-corrected chi connectivity index (χ1v) is 11.6. The third-order valence-corrected chi connectivity index (χ3v) is 5.55. The normalized spacial score (nSPS) is 14.4. The first-order chi connectivity index (χ1) is 17.0. The van der Waals surface area contributed by atoms with Crippen molar-refractivity contribution in [2.45, 2.75) is 13.0 Å². The SMILES string of the molecule is CCOc1ccc(Oc2ccc(Cl)cc2NC(=O)CN2C[C@H](C(=O)NC)Oc3ccccc32)cc1. The van der Waals surface area contributed by atoms with Gasteiger partial charge >= 0.3 is 0 Å². The van der Waals surface area contributed by atoms with Gasteiger partial charge in [0.25, 0.3) is 5.91 Å². The average molecular weight is 496 g/mol. The van der Waals surface area contributed by atoms with Gasteiger partial charge in [0.05, 0.1) is 31.1 Å². The van der Waals surface area contributed by atoms with E-state index in [0.29, 0.717) is 34.6 Å². The van der Waals surface area contributed by atoms with Crippen LogP contribution in [0, 0.1) is 0 Å². The van der Waals surface area contributed by atoms with E-state index in [4.69, 9.17) is 25.8 Å². The average Bonchev–Trinajstić information content (AvgIpc) is 2.86. The summed E-state index contributed by atoms with van der Waals surface area (Å²) in [6.45, 7) is 2.73. The number of anilines is 2. The van der Waals surface area contributed by atoms with Crippen LogP contribution in [0.2, 0.25) is 5.02 Å². The van der Waals surface area contributed by atoms with Crippen LogP contribution in [0.1, 0.15) is 6.92 Å². The maximum absolute atomic E-state index is 13.1. The summed E-state index contributed by atoms with van der Waals surface area (Å²) in [5.41, 5.74) is 1.17. The molecule has 4 rings (SSSR count). The molecular formula is C26H26ClN3O5. The highest BCUT2D eigenvalue weighted by Gasteiger charge is 2.31. The summed E-state index contributed by atoms with van der Waals surface area (Å²) in [6.07, 6.45) is -0.729. The lowest BCUT2D eigenvalue weighted by Crippen LogP contribution is -2.50. The predicted molar refractivity (Wildman–Crippen MR) is 135 cm³/mol. The Morgan fingerprint density at radius 3 is 2.57 bits per heavy atom. The second kappa shape index (κ2) is 11.0. The number of nitrogens with zero attached hydrogens (tertiary/aromatic N) is 1. The number of rotatable bonds is 8. The van der Waals surface area contributed by atoms with Crippen molar-refractivity contribution in [3.05, 3.63) is 71.8 Å². The number of carbonyl (C=O) groups excluding carboxylic acids is 2. The molecule has 3 aromatic rings. The zero-order valence-corrected chi connectivity index (χ0v) is 20.2. The van der Waals surface area contributed by atoms with Crippen LogP contribution in [0.15, 0.2) is 66.7 Å². The molecular weight excluding hydrogens is 470 g/mol. The molecule has 2 amide bonds. The molecule has 1 aliphatic rings. The quantitative estimate of drug-likeness (QED) is 0.479. The van der Waals surface area contributed by atoms with Gasteiger partial charge in [0.2, 0.25) is 5.91 Å². The highest BCUT2D eigenvalue weighted by Crippen LogP contribution is 2.35. The Labute approximate surface area is 208 Å². The number of benzene rings is 3. The van der Waals surface area contributed by atoms with Crippen molar-refractivity contribution >= 4 is 34.8 Å². The van der Waals surface area contributed by atoms with Crippen LogP contribution in [0.25, 0.3) is 0 Å². The Morgan fingerprint density at radius 2 is 1.83 bits per heavy atom. The van der Waals surface area contributed by atoms with Crippen molar-refractivity contribution in [2.75, 3.05) is 37.0 Å². The highest BCUT2D eigenvalue weighted by atomic mass is 35.5. The second-order valence-electron chi connectivity index (χ2n) is 7.76. The van der Waals surface area contributed by atoms with E-state index in [0.717, 1.165) is 11.4 Å². The Morgan fingerprint density at radius 1 is 1.09 bits per heavy atom. The van der Waals surface area contributed by atoms with Crippen LogP contribution in [-0.4, -0.2) is 44.7 Å². The third-order valence-electron chi connectivity index (χ3n) is 5.31. The van der Waals surface area contributed by atoms with Gasteiger partial charge in [-0.15, -0.1) is 0 Å². The summed E-state index contributed by atoms with van der Waals surface area (Å²) in [6, 6.07) is 19.5. The minimum absolute atomic E-state index is 0.00285. The molecule has 0 aromatic heterocycles. The van der Waals surface area contributed by atoms with E-state index in [1.54, 1.807) is 43.4 Å². The molecule has 0 saturated carbocycles. The van der Waals surface area contributed by atoms with Gasteiger partial charge in [-0.05, 0) is 61.5 Å². The number of halogens is 1. The number of likely N-dealkylation sites (N-methyl/N-ethyl adjacent to an activating group) is 1. The monoisotopic (exact) mass is 495 g/mol. The lowest BCUT2D eigenvalue weighted by atomic mass is 10.1. The number of hydrogen-bond donors (Lipinski definition) is 2. The number of amides is 2. The number of nitrogens with one attached hydrogen (secondary N) is 2. The number of ether oxygens (including phenoxy) is 3. The molecule has 1 heterocycles. The van der Waals surface area contributed by atoms with E-state index in [9.17, 15) is 9.59 Å². The number of hydrogen-bond acceptors (Lipinski definition) is 6. The second-order valence-corrected chi connectivity index (χ2v) is 8.20. The van der Waals surface area contributed by atoms with E-state index in [2.05, 4.69) is 10.6 Å². The van der Waals surface area contributed by atoms with Gasteiger partial charge in [0.15, 0.2) is 11.9 Å². The molecule has 0 spiro atoms. The van der Waals surface area contributed by atoms with Gasteiger partial charge in [-0.25, -0.2) is 0 Å². The number of para-hydroxylation sites is 2. The molecule has 0 unspecified atom stereocenters. The largest absolute Gasteiger partial charge is 0.494 e. The molecule has 8 nitrogen and oxygen atoms in total. The van der Waals surface area contributed by atoms with Gasteiger partial charge in [0, 0.05) is 12.1 Å². The topological polar surface area (TPSA) is 89.1 Å². The Bertz CT molecular complexity index is 1200. The summed E-state index contributed by atoms with van der Waals surface area (Å²) in [7, 11) is 1.55. The molecule has 3 aromatic carbocycles. The molecule has 0 aliphatic carbocycles. The van der Waals surface area contributed by atoms with Crippen LogP contribution >= 0.6 is 11.6 Å². The summed E-state index contributed by atoms with van der Waals surface area (Å²) in [5.74, 6) is 1.76. The van der Waals surface area contributed by atoms with Crippen molar-refractivity contribution in [2.24, 2.45) is 0 Å². The molecule has 1 atom stereocenters. The van der Waals surface area contributed by atoms with E-state index < -0.39 is 6.10 Å². The minimum atomic E-state index is -0.729. The van der Waals surface area contributed by atoms with Gasteiger partial charge in [-0.3, -0.25) is 9.59 Å².